The topological polar surface area (TPSA) is 59.0 Å². The first-order valence-electron chi connectivity index (χ1n) is 5.20. The van der Waals surface area contributed by atoms with Gasteiger partial charge in [-0.2, -0.15) is 5.26 Å². The molecule has 1 aromatic rings. The van der Waals surface area contributed by atoms with Gasteiger partial charge in [0.1, 0.15) is 11.6 Å². The molecule has 1 atom stereocenters. The number of hydrogen-bond donors (Lipinski definition) is 1. The fourth-order valence-corrected chi connectivity index (χ4v) is 1.31. The van der Waals surface area contributed by atoms with Crippen molar-refractivity contribution >= 4 is 0 Å². The summed E-state index contributed by atoms with van der Waals surface area (Å²) in [6.45, 7) is 2.15. The van der Waals surface area contributed by atoms with Crippen molar-refractivity contribution in [2.24, 2.45) is 5.73 Å². The highest BCUT2D eigenvalue weighted by Crippen LogP contribution is 2.20. The van der Waals surface area contributed by atoms with Crippen molar-refractivity contribution in [3.63, 3.8) is 0 Å². The molecule has 1 aromatic carbocycles. The number of benzene rings is 1. The summed E-state index contributed by atoms with van der Waals surface area (Å²) >= 11 is 0. The predicted molar refractivity (Wildman–Crippen MR) is 59.3 cm³/mol. The van der Waals surface area contributed by atoms with Crippen molar-refractivity contribution in [1.29, 1.82) is 5.26 Å². The molecule has 0 aliphatic heterocycles. The largest absolute Gasteiger partial charge is 0.493 e. The highest BCUT2D eigenvalue weighted by molar-refractivity contribution is 5.30. The molecule has 1 rings (SSSR count). The molecule has 0 saturated carbocycles. The Labute approximate surface area is 94.6 Å². The second kappa shape index (κ2) is 6.09. The molecule has 16 heavy (non-hydrogen) atoms. The van der Waals surface area contributed by atoms with E-state index in [1.807, 2.05) is 6.07 Å². The summed E-state index contributed by atoms with van der Waals surface area (Å²) in [5.41, 5.74) is 6.06. The van der Waals surface area contributed by atoms with E-state index < -0.39 is 0 Å². The van der Waals surface area contributed by atoms with Crippen molar-refractivity contribution < 1.29 is 9.13 Å². The highest BCUT2D eigenvalue weighted by Gasteiger charge is 2.07. The third-order valence-corrected chi connectivity index (χ3v) is 2.16. The van der Waals surface area contributed by atoms with Crippen LogP contribution in [0.3, 0.4) is 0 Å². The van der Waals surface area contributed by atoms with Crippen LogP contribution >= 0.6 is 0 Å². The zero-order valence-electron chi connectivity index (χ0n) is 9.24. The molecule has 0 aliphatic carbocycles. The lowest BCUT2D eigenvalue weighted by molar-refractivity contribution is 0.311. The number of nitriles is 1. The molecule has 0 spiro atoms. The number of rotatable bonds is 5. The Balaban J connectivity index is 2.57. The minimum atomic E-state index is -0.354. The second-order valence-corrected chi connectivity index (χ2v) is 3.58. The zero-order valence-corrected chi connectivity index (χ0v) is 9.24. The monoisotopic (exact) mass is 222 g/mol. The lowest BCUT2D eigenvalue weighted by atomic mass is 10.1. The molecule has 0 fully saturated rings. The Morgan fingerprint density at radius 2 is 2.31 bits per heavy atom. The minimum Gasteiger partial charge on any atom is -0.493 e. The van der Waals surface area contributed by atoms with Crippen molar-refractivity contribution in [3.8, 4) is 11.8 Å². The molecule has 0 unspecified atom stereocenters. The summed E-state index contributed by atoms with van der Waals surface area (Å²) in [6, 6.07) is 6.33. The molecule has 0 aromatic heterocycles. The molecule has 0 bridgehead atoms. The van der Waals surface area contributed by atoms with Gasteiger partial charge in [-0.05, 0) is 19.4 Å². The van der Waals surface area contributed by atoms with Crippen LogP contribution < -0.4 is 10.5 Å². The molecule has 0 amide bonds. The van der Waals surface area contributed by atoms with E-state index in [9.17, 15) is 4.39 Å². The Morgan fingerprint density at radius 3 is 2.88 bits per heavy atom. The molecule has 4 heteroatoms. The molecule has 0 radical (unpaired) electrons. The van der Waals surface area contributed by atoms with E-state index in [1.54, 1.807) is 19.1 Å². The first kappa shape index (κ1) is 12.5. The van der Waals surface area contributed by atoms with E-state index in [2.05, 4.69) is 0 Å². The number of unbranched alkanes of at least 4 members (excludes halogenated alkanes) is 1. The smallest absolute Gasteiger partial charge is 0.131 e. The van der Waals surface area contributed by atoms with Gasteiger partial charge in [-0.25, -0.2) is 4.39 Å². The lowest BCUT2D eigenvalue weighted by Crippen LogP contribution is -2.07. The van der Waals surface area contributed by atoms with Crippen molar-refractivity contribution in [1.82, 2.24) is 0 Å². The van der Waals surface area contributed by atoms with Gasteiger partial charge in [-0.1, -0.05) is 6.07 Å². The van der Waals surface area contributed by atoms with E-state index in [0.717, 1.165) is 0 Å². The van der Waals surface area contributed by atoms with Gasteiger partial charge in [0.05, 0.1) is 12.7 Å². The van der Waals surface area contributed by atoms with E-state index in [1.165, 1.54) is 6.07 Å². The lowest BCUT2D eigenvalue weighted by Gasteiger charge is -2.09. The Morgan fingerprint density at radius 1 is 1.56 bits per heavy atom. The Hall–Kier alpha value is -1.60. The van der Waals surface area contributed by atoms with Crippen LogP contribution in [-0.2, 0) is 0 Å². The Kier molecular flexibility index (Phi) is 4.74. The number of halogens is 1. The van der Waals surface area contributed by atoms with Gasteiger partial charge in [0.15, 0.2) is 0 Å². The van der Waals surface area contributed by atoms with Gasteiger partial charge in [0, 0.05) is 24.1 Å². The fraction of sp³-hybridized carbons (Fsp3) is 0.417. The van der Waals surface area contributed by atoms with Gasteiger partial charge >= 0.3 is 0 Å². The molecule has 0 heterocycles. The molecule has 0 saturated heterocycles. The normalized spacial score (nSPS) is 11.9. The van der Waals surface area contributed by atoms with Gasteiger partial charge < -0.3 is 10.5 Å². The second-order valence-electron chi connectivity index (χ2n) is 3.58. The van der Waals surface area contributed by atoms with Crippen LogP contribution in [0.4, 0.5) is 4.39 Å². The summed E-state index contributed by atoms with van der Waals surface area (Å²) in [4.78, 5) is 0. The van der Waals surface area contributed by atoms with Gasteiger partial charge in [0.2, 0.25) is 0 Å². The Bertz CT molecular complexity index is 385. The third kappa shape index (κ3) is 3.52. The van der Waals surface area contributed by atoms with Crippen molar-refractivity contribution in [2.45, 2.75) is 25.8 Å². The quantitative estimate of drug-likeness (QED) is 0.779. The molecule has 2 N–H and O–H groups in total. The standard InChI is InChI=1S/C12H15FN2O/c1-9(15)11-5-4-10(8-12(11)13)16-7-3-2-6-14/h4-5,8-9H,2-3,7,15H2,1H3/t9-/m0/s1. The maximum Gasteiger partial charge on any atom is 0.131 e. The van der Waals surface area contributed by atoms with Crippen LogP contribution in [0.25, 0.3) is 0 Å². The van der Waals surface area contributed by atoms with E-state index in [-0.39, 0.29) is 11.9 Å². The van der Waals surface area contributed by atoms with Gasteiger partial charge in [0.25, 0.3) is 0 Å². The molecular formula is C12H15FN2O. The van der Waals surface area contributed by atoms with Crippen LogP contribution in [0.5, 0.6) is 5.75 Å². The fourth-order valence-electron chi connectivity index (χ4n) is 1.31. The third-order valence-electron chi connectivity index (χ3n) is 2.16. The maximum atomic E-state index is 13.5. The van der Waals surface area contributed by atoms with E-state index in [0.29, 0.717) is 30.8 Å². The number of hydrogen-bond acceptors (Lipinski definition) is 3. The number of nitrogens with two attached hydrogens (primary N) is 1. The average Bonchev–Trinajstić information content (AvgIpc) is 2.24. The van der Waals surface area contributed by atoms with Crippen LogP contribution in [0.15, 0.2) is 18.2 Å². The van der Waals surface area contributed by atoms with Gasteiger partial charge in [-0.15, -0.1) is 0 Å². The highest BCUT2D eigenvalue weighted by atomic mass is 19.1. The van der Waals surface area contributed by atoms with Crippen LogP contribution in [-0.4, -0.2) is 6.61 Å². The molecular weight excluding hydrogens is 207 g/mol. The van der Waals surface area contributed by atoms with Crippen molar-refractivity contribution in [3.05, 3.63) is 29.6 Å². The summed E-state index contributed by atoms with van der Waals surface area (Å²) in [7, 11) is 0. The summed E-state index contributed by atoms with van der Waals surface area (Å²) in [6.07, 6.45) is 1.09. The molecule has 86 valence electrons. The van der Waals surface area contributed by atoms with Crippen LogP contribution in [0.2, 0.25) is 0 Å². The first-order valence-corrected chi connectivity index (χ1v) is 5.20. The summed E-state index contributed by atoms with van der Waals surface area (Å²) in [5, 5.41) is 8.33. The minimum absolute atomic E-state index is 0.326. The molecule has 0 aliphatic rings. The summed E-state index contributed by atoms with van der Waals surface area (Å²) < 4.78 is 18.8. The SMILES string of the molecule is C[C@H](N)c1ccc(OCCCC#N)cc1F. The van der Waals surface area contributed by atoms with E-state index in [4.69, 9.17) is 15.7 Å². The first-order chi connectivity index (χ1) is 7.65. The van der Waals surface area contributed by atoms with Crippen molar-refractivity contribution in [2.75, 3.05) is 6.61 Å². The van der Waals surface area contributed by atoms with Gasteiger partial charge in [-0.3, -0.25) is 0 Å². The van der Waals surface area contributed by atoms with E-state index >= 15 is 0 Å². The zero-order chi connectivity index (χ0) is 12.0. The maximum absolute atomic E-state index is 13.5. The number of nitrogens with zero attached hydrogens (tertiary/aromatic N) is 1. The predicted octanol–water partition coefficient (Wildman–Crippen LogP) is 2.53. The summed E-state index contributed by atoms with van der Waals surface area (Å²) in [5.74, 6) is 0.118. The van der Waals surface area contributed by atoms with Crippen LogP contribution in [0.1, 0.15) is 31.4 Å². The van der Waals surface area contributed by atoms with Crippen LogP contribution in [0, 0.1) is 17.1 Å². The molecule has 3 nitrogen and oxygen atoms in total. The number of ether oxygens (including phenoxy) is 1. The average molecular weight is 222 g/mol.